The van der Waals surface area contributed by atoms with Crippen LogP contribution in [0.25, 0.3) is 11.0 Å². The number of hydrogen-bond donors (Lipinski definition) is 2. The van der Waals surface area contributed by atoms with Crippen LogP contribution in [0.3, 0.4) is 0 Å². The highest BCUT2D eigenvalue weighted by Gasteiger charge is 2.43. The molecule has 0 spiro atoms. The van der Waals surface area contributed by atoms with Gasteiger partial charge in [-0.25, -0.2) is 18.2 Å². The Labute approximate surface area is 155 Å². The van der Waals surface area contributed by atoms with Crippen LogP contribution in [0.1, 0.15) is 19.3 Å². The van der Waals surface area contributed by atoms with E-state index in [1.54, 1.807) is 4.31 Å². The Morgan fingerprint density at radius 1 is 1.19 bits per heavy atom. The van der Waals surface area contributed by atoms with Gasteiger partial charge in [0.2, 0.25) is 10.0 Å². The van der Waals surface area contributed by atoms with Crippen molar-refractivity contribution in [2.45, 2.75) is 36.2 Å². The van der Waals surface area contributed by atoms with Crippen LogP contribution < -0.4 is 16.6 Å². The van der Waals surface area contributed by atoms with Crippen LogP contribution in [0.15, 0.2) is 26.7 Å². The first-order valence-corrected chi connectivity index (χ1v) is 9.67. The van der Waals surface area contributed by atoms with Crippen LogP contribution >= 0.6 is 12.4 Å². The lowest BCUT2D eigenvalue weighted by Crippen LogP contribution is -2.42. The molecule has 2 aromatic rings. The van der Waals surface area contributed by atoms with Crippen LogP contribution in [0, 0.1) is 0 Å². The Balaban J connectivity index is 0.00000196. The number of nitrogens with zero attached hydrogens (tertiary/aromatic N) is 3. The van der Waals surface area contributed by atoms with Crippen molar-refractivity contribution in [2.24, 2.45) is 7.05 Å². The molecule has 142 valence electrons. The van der Waals surface area contributed by atoms with Crippen LogP contribution in [-0.4, -0.2) is 52.4 Å². The summed E-state index contributed by atoms with van der Waals surface area (Å²) in [5.74, 6) is 0. The molecule has 4 heterocycles. The van der Waals surface area contributed by atoms with Crippen molar-refractivity contribution >= 4 is 33.5 Å². The average molecular weight is 402 g/mol. The Morgan fingerprint density at radius 2 is 1.92 bits per heavy atom. The van der Waals surface area contributed by atoms with Gasteiger partial charge in [0.05, 0.1) is 5.39 Å². The van der Waals surface area contributed by atoms with Gasteiger partial charge in [0.25, 0.3) is 5.56 Å². The van der Waals surface area contributed by atoms with Gasteiger partial charge in [-0.05, 0) is 31.9 Å². The molecule has 2 unspecified atom stereocenters. The Hall–Kier alpha value is -1.75. The monoisotopic (exact) mass is 401 g/mol. The fourth-order valence-electron chi connectivity index (χ4n) is 3.81. The largest absolute Gasteiger partial charge is 0.329 e. The summed E-state index contributed by atoms with van der Waals surface area (Å²) >= 11 is 0. The van der Waals surface area contributed by atoms with E-state index in [0.717, 1.165) is 25.8 Å². The van der Waals surface area contributed by atoms with E-state index in [1.165, 1.54) is 23.9 Å². The van der Waals surface area contributed by atoms with Gasteiger partial charge in [-0.2, -0.15) is 4.31 Å². The number of aromatic amines is 1. The van der Waals surface area contributed by atoms with Crippen LogP contribution in [-0.2, 0) is 17.1 Å². The van der Waals surface area contributed by atoms with Gasteiger partial charge in [0.1, 0.15) is 10.5 Å². The number of rotatable bonds is 2. The minimum absolute atomic E-state index is 0. The van der Waals surface area contributed by atoms with Gasteiger partial charge < -0.3 is 5.32 Å². The molecule has 2 aliphatic heterocycles. The van der Waals surface area contributed by atoms with Crippen molar-refractivity contribution in [1.29, 1.82) is 0 Å². The van der Waals surface area contributed by atoms with Crippen molar-refractivity contribution in [3.8, 4) is 0 Å². The highest BCUT2D eigenvalue weighted by Crippen LogP contribution is 2.33. The Bertz CT molecular complexity index is 1050. The average Bonchev–Trinajstić information content (AvgIpc) is 2.86. The molecule has 0 saturated carbocycles. The van der Waals surface area contributed by atoms with Gasteiger partial charge in [-0.1, -0.05) is 0 Å². The van der Waals surface area contributed by atoms with Crippen LogP contribution in [0.4, 0.5) is 0 Å². The van der Waals surface area contributed by atoms with E-state index < -0.39 is 21.3 Å². The number of aryl methyl sites for hydroxylation is 1. The van der Waals surface area contributed by atoms with Gasteiger partial charge in [-0.15, -0.1) is 12.4 Å². The van der Waals surface area contributed by atoms with Crippen molar-refractivity contribution < 1.29 is 8.42 Å². The van der Waals surface area contributed by atoms with Gasteiger partial charge in [0, 0.05) is 31.9 Å². The second kappa shape index (κ2) is 6.76. The molecule has 2 saturated heterocycles. The molecule has 2 aliphatic rings. The lowest BCUT2D eigenvalue weighted by Gasteiger charge is -2.26. The predicted octanol–water partition coefficient (Wildman–Crippen LogP) is -0.441. The van der Waals surface area contributed by atoms with E-state index in [-0.39, 0.29) is 40.4 Å². The quantitative estimate of drug-likeness (QED) is 0.704. The molecular weight excluding hydrogens is 382 g/mol. The second-order valence-electron chi connectivity index (χ2n) is 6.57. The Morgan fingerprint density at radius 3 is 2.69 bits per heavy atom. The molecule has 2 bridgehead atoms. The zero-order valence-electron chi connectivity index (χ0n) is 14.1. The lowest BCUT2D eigenvalue weighted by atomic mass is 10.1. The summed E-state index contributed by atoms with van der Waals surface area (Å²) in [4.78, 5) is 30.0. The van der Waals surface area contributed by atoms with Crippen molar-refractivity contribution in [2.75, 3.05) is 13.1 Å². The first-order chi connectivity index (χ1) is 11.9. The first-order valence-electron chi connectivity index (χ1n) is 8.23. The molecule has 2 atom stereocenters. The summed E-state index contributed by atoms with van der Waals surface area (Å²) in [5.41, 5.74) is -1.06. The normalized spacial score (nSPS) is 23.6. The molecule has 2 aromatic heterocycles. The predicted molar refractivity (Wildman–Crippen MR) is 98.2 cm³/mol. The summed E-state index contributed by atoms with van der Waals surface area (Å²) in [5, 5.41) is 3.36. The van der Waals surface area contributed by atoms with Gasteiger partial charge >= 0.3 is 5.69 Å². The zero-order chi connectivity index (χ0) is 17.8. The van der Waals surface area contributed by atoms with Crippen molar-refractivity contribution in [3.05, 3.63) is 33.1 Å². The number of pyridine rings is 1. The highest BCUT2D eigenvalue weighted by molar-refractivity contribution is 7.89. The molecule has 26 heavy (non-hydrogen) atoms. The van der Waals surface area contributed by atoms with E-state index in [1.807, 2.05) is 0 Å². The molecule has 2 N–H and O–H groups in total. The standard InChI is InChI=1S/C15H19N5O4S.ClH/c1-19-13-12(14(21)18-15(19)22)6-11(8-17-13)25(23,24)20-9-2-3-10(20)7-16-5-4-9;/h6,8-10,16H,2-5,7H2,1H3,(H,18,21,22);1H. The molecular formula is C15H20ClN5O4S. The minimum atomic E-state index is -3.76. The number of nitrogens with one attached hydrogen (secondary N) is 2. The fourth-order valence-corrected chi connectivity index (χ4v) is 5.68. The number of hydrogen-bond acceptors (Lipinski definition) is 6. The molecule has 0 aromatic carbocycles. The van der Waals surface area contributed by atoms with E-state index in [2.05, 4.69) is 15.3 Å². The highest BCUT2D eigenvalue weighted by atomic mass is 35.5. The maximum absolute atomic E-state index is 13.2. The number of sulfonamides is 1. The maximum atomic E-state index is 13.2. The zero-order valence-corrected chi connectivity index (χ0v) is 15.8. The minimum Gasteiger partial charge on any atom is -0.315 e. The second-order valence-corrected chi connectivity index (χ2v) is 8.42. The summed E-state index contributed by atoms with van der Waals surface area (Å²) in [6, 6.07) is 1.21. The SMILES string of the molecule is Cl.Cn1c(=O)[nH]c(=O)c2cc(S(=O)(=O)N3C4CCNCC3CC4)cnc21. The third-order valence-electron chi connectivity index (χ3n) is 5.09. The fraction of sp³-hybridized carbons (Fsp3) is 0.533. The van der Waals surface area contributed by atoms with Crippen LogP contribution in [0.5, 0.6) is 0 Å². The maximum Gasteiger partial charge on any atom is 0.329 e. The molecule has 4 rings (SSSR count). The van der Waals surface area contributed by atoms with E-state index in [0.29, 0.717) is 6.54 Å². The smallest absolute Gasteiger partial charge is 0.315 e. The van der Waals surface area contributed by atoms with Gasteiger partial charge in [-0.3, -0.25) is 14.3 Å². The molecule has 11 heteroatoms. The molecule has 0 radical (unpaired) electrons. The van der Waals surface area contributed by atoms with Gasteiger partial charge in [0.15, 0.2) is 0 Å². The summed E-state index contributed by atoms with van der Waals surface area (Å²) in [7, 11) is -2.29. The molecule has 0 aliphatic carbocycles. The topological polar surface area (TPSA) is 117 Å². The van der Waals surface area contributed by atoms with Crippen LogP contribution in [0.2, 0.25) is 0 Å². The number of fused-ring (bicyclic) bond motifs is 3. The number of aromatic nitrogens is 3. The Kier molecular flexibility index (Phi) is 4.95. The van der Waals surface area contributed by atoms with E-state index in [9.17, 15) is 18.0 Å². The summed E-state index contributed by atoms with van der Waals surface area (Å²) < 4.78 is 29.1. The number of halogens is 1. The van der Waals surface area contributed by atoms with Crippen molar-refractivity contribution in [3.63, 3.8) is 0 Å². The molecule has 9 nitrogen and oxygen atoms in total. The first kappa shape index (κ1) is 19.0. The molecule has 2 fully saturated rings. The summed E-state index contributed by atoms with van der Waals surface area (Å²) in [6.45, 7) is 1.43. The van der Waals surface area contributed by atoms with Crippen molar-refractivity contribution in [1.82, 2.24) is 24.2 Å². The molecule has 0 amide bonds. The third kappa shape index (κ3) is 2.86. The third-order valence-corrected chi connectivity index (χ3v) is 7.06. The van der Waals surface area contributed by atoms with E-state index in [4.69, 9.17) is 0 Å². The summed E-state index contributed by atoms with van der Waals surface area (Å²) in [6.07, 6.45) is 3.68. The number of H-pyrrole nitrogens is 1. The van der Waals surface area contributed by atoms with E-state index >= 15 is 0 Å². The lowest BCUT2D eigenvalue weighted by molar-refractivity contribution is 0.334.